The predicted octanol–water partition coefficient (Wildman–Crippen LogP) is -0.443. The van der Waals surface area contributed by atoms with Gasteiger partial charge in [-0.2, -0.15) is 0 Å². The highest BCUT2D eigenvalue weighted by Gasteiger charge is 2.22. The second-order valence-corrected chi connectivity index (χ2v) is 3.51. The van der Waals surface area contributed by atoms with Crippen molar-refractivity contribution < 1.29 is 24.5 Å². The molecular weight excluding hydrogens is 188 g/mol. The molecule has 0 fully saturated rings. The molecule has 0 saturated heterocycles. The monoisotopic (exact) mass is 206 g/mol. The molecule has 0 atom stereocenters. The van der Waals surface area contributed by atoms with Gasteiger partial charge in [0.2, 0.25) is 0 Å². The highest BCUT2D eigenvalue weighted by atomic mass is 16.5. The molecule has 0 spiro atoms. The zero-order chi connectivity index (χ0) is 11.0. The van der Waals surface area contributed by atoms with E-state index in [0.717, 1.165) is 0 Å². The Bertz CT molecular complexity index is 165. The maximum absolute atomic E-state index is 10.7. The number of carbonyl (C=O) groups excluding carboxylic acids is 1. The molecule has 0 aliphatic carbocycles. The number of hydrogen-bond acceptors (Lipinski definition) is 5. The van der Waals surface area contributed by atoms with Gasteiger partial charge in [0.05, 0.1) is 40.0 Å². The highest BCUT2D eigenvalue weighted by Crippen LogP contribution is 2.14. The van der Waals surface area contributed by atoms with Gasteiger partial charge in [-0.3, -0.25) is 4.79 Å². The van der Waals surface area contributed by atoms with Crippen LogP contribution in [0.25, 0.3) is 0 Å². The Morgan fingerprint density at radius 1 is 1.36 bits per heavy atom. The third-order valence-electron chi connectivity index (χ3n) is 1.89. The summed E-state index contributed by atoms with van der Waals surface area (Å²) < 4.78 is 9.55. The number of hydrogen-bond donors (Lipinski definition) is 2. The van der Waals surface area contributed by atoms with Crippen LogP contribution in [0.4, 0.5) is 0 Å². The van der Waals surface area contributed by atoms with E-state index in [1.165, 1.54) is 7.11 Å². The van der Waals surface area contributed by atoms with Crippen molar-refractivity contribution >= 4 is 5.97 Å². The molecule has 84 valence electrons. The van der Waals surface area contributed by atoms with Gasteiger partial charge < -0.3 is 19.7 Å². The van der Waals surface area contributed by atoms with Crippen LogP contribution in [0.5, 0.6) is 0 Å². The SMILES string of the molecule is COC(=O)CCOCC(C)(CO)CO. The van der Waals surface area contributed by atoms with E-state index in [2.05, 4.69) is 4.74 Å². The van der Waals surface area contributed by atoms with Crippen molar-refractivity contribution in [2.45, 2.75) is 13.3 Å². The van der Waals surface area contributed by atoms with Crippen LogP contribution < -0.4 is 0 Å². The number of aliphatic hydroxyl groups excluding tert-OH is 2. The van der Waals surface area contributed by atoms with E-state index in [9.17, 15) is 4.79 Å². The molecule has 5 nitrogen and oxygen atoms in total. The standard InChI is InChI=1S/C9H18O5/c1-9(5-10,6-11)7-14-4-3-8(12)13-2/h10-11H,3-7H2,1-2H3. The average Bonchev–Trinajstić information content (AvgIpc) is 2.23. The molecule has 0 radical (unpaired) electrons. The smallest absolute Gasteiger partial charge is 0.307 e. The van der Waals surface area contributed by atoms with Crippen molar-refractivity contribution in [3.05, 3.63) is 0 Å². The maximum atomic E-state index is 10.7. The molecule has 2 N–H and O–H groups in total. The van der Waals surface area contributed by atoms with Crippen molar-refractivity contribution in [2.75, 3.05) is 33.5 Å². The van der Waals surface area contributed by atoms with Crippen LogP contribution in [0.1, 0.15) is 13.3 Å². The summed E-state index contributed by atoms with van der Waals surface area (Å²) >= 11 is 0. The molecule has 0 heterocycles. The van der Waals surface area contributed by atoms with E-state index < -0.39 is 5.41 Å². The van der Waals surface area contributed by atoms with Gasteiger partial charge in [-0.1, -0.05) is 6.92 Å². The second-order valence-electron chi connectivity index (χ2n) is 3.51. The van der Waals surface area contributed by atoms with E-state index in [0.29, 0.717) is 0 Å². The van der Waals surface area contributed by atoms with Gasteiger partial charge >= 0.3 is 5.97 Å². The lowest BCUT2D eigenvalue weighted by atomic mass is 9.95. The first-order chi connectivity index (χ1) is 6.58. The lowest BCUT2D eigenvalue weighted by molar-refractivity contribution is -0.142. The Hall–Kier alpha value is -0.650. The van der Waals surface area contributed by atoms with Gasteiger partial charge in [0.15, 0.2) is 0 Å². The molecule has 0 saturated carbocycles. The summed E-state index contributed by atoms with van der Waals surface area (Å²) in [6, 6.07) is 0. The fourth-order valence-corrected chi connectivity index (χ4v) is 0.717. The van der Waals surface area contributed by atoms with E-state index in [1.54, 1.807) is 6.92 Å². The van der Waals surface area contributed by atoms with Crippen molar-refractivity contribution in [1.29, 1.82) is 0 Å². The molecule has 14 heavy (non-hydrogen) atoms. The van der Waals surface area contributed by atoms with Gasteiger partial charge in [0.25, 0.3) is 0 Å². The maximum Gasteiger partial charge on any atom is 0.307 e. The third-order valence-corrected chi connectivity index (χ3v) is 1.89. The van der Waals surface area contributed by atoms with Gasteiger partial charge in [-0.05, 0) is 0 Å². The van der Waals surface area contributed by atoms with Crippen molar-refractivity contribution in [3.8, 4) is 0 Å². The zero-order valence-corrected chi connectivity index (χ0v) is 8.65. The fraction of sp³-hybridized carbons (Fsp3) is 0.889. The van der Waals surface area contributed by atoms with Gasteiger partial charge in [0.1, 0.15) is 0 Å². The van der Waals surface area contributed by atoms with Gasteiger partial charge in [0, 0.05) is 5.41 Å². The number of rotatable bonds is 7. The van der Waals surface area contributed by atoms with Crippen LogP contribution in [0.2, 0.25) is 0 Å². The largest absolute Gasteiger partial charge is 0.469 e. The van der Waals surface area contributed by atoms with E-state index >= 15 is 0 Å². The molecule has 0 amide bonds. The molecule has 0 aliphatic heterocycles. The van der Waals surface area contributed by atoms with Gasteiger partial charge in [-0.15, -0.1) is 0 Å². The van der Waals surface area contributed by atoms with Gasteiger partial charge in [-0.25, -0.2) is 0 Å². The van der Waals surface area contributed by atoms with Crippen LogP contribution in [0.3, 0.4) is 0 Å². The first-order valence-corrected chi connectivity index (χ1v) is 4.44. The summed E-state index contributed by atoms with van der Waals surface area (Å²) in [5.41, 5.74) is -0.643. The van der Waals surface area contributed by atoms with Crippen molar-refractivity contribution in [3.63, 3.8) is 0 Å². The Morgan fingerprint density at radius 3 is 2.36 bits per heavy atom. The third kappa shape index (κ3) is 5.16. The van der Waals surface area contributed by atoms with Crippen LogP contribution in [-0.2, 0) is 14.3 Å². The Morgan fingerprint density at radius 2 is 1.93 bits per heavy atom. The molecule has 0 rings (SSSR count). The minimum Gasteiger partial charge on any atom is -0.469 e. The Labute approximate surface area is 83.6 Å². The van der Waals surface area contributed by atoms with Crippen LogP contribution in [0.15, 0.2) is 0 Å². The zero-order valence-electron chi connectivity index (χ0n) is 8.65. The number of methoxy groups -OCH3 is 1. The number of carbonyl (C=O) groups is 1. The quantitative estimate of drug-likeness (QED) is 0.436. The topological polar surface area (TPSA) is 76.0 Å². The number of esters is 1. The minimum atomic E-state index is -0.643. The molecule has 0 aliphatic rings. The highest BCUT2D eigenvalue weighted by molar-refractivity contribution is 5.69. The molecular formula is C9H18O5. The van der Waals surface area contributed by atoms with Crippen molar-refractivity contribution in [1.82, 2.24) is 0 Å². The molecule has 5 heteroatoms. The molecule has 0 aromatic rings. The molecule has 0 aromatic carbocycles. The molecule has 0 bridgehead atoms. The lowest BCUT2D eigenvalue weighted by Crippen LogP contribution is -2.31. The normalized spacial score (nSPS) is 11.4. The fourth-order valence-electron chi connectivity index (χ4n) is 0.717. The van der Waals surface area contributed by atoms with E-state index in [4.69, 9.17) is 14.9 Å². The Kier molecular flexibility index (Phi) is 6.44. The Balaban J connectivity index is 3.57. The molecule has 0 aromatic heterocycles. The summed E-state index contributed by atoms with van der Waals surface area (Å²) in [6.07, 6.45) is 0.184. The van der Waals surface area contributed by atoms with Crippen LogP contribution in [-0.4, -0.2) is 49.7 Å². The predicted molar refractivity (Wildman–Crippen MR) is 49.7 cm³/mol. The van der Waals surface area contributed by atoms with Crippen LogP contribution in [0, 0.1) is 5.41 Å². The first-order valence-electron chi connectivity index (χ1n) is 4.44. The number of ether oxygens (including phenoxy) is 2. The van der Waals surface area contributed by atoms with Crippen LogP contribution >= 0.6 is 0 Å². The average molecular weight is 206 g/mol. The summed E-state index contributed by atoms with van der Waals surface area (Å²) in [5.74, 6) is -0.334. The van der Waals surface area contributed by atoms with E-state index in [-0.39, 0.29) is 38.8 Å². The lowest BCUT2D eigenvalue weighted by Gasteiger charge is -2.23. The molecule has 0 unspecified atom stereocenters. The first kappa shape index (κ1) is 13.4. The summed E-state index contributed by atoms with van der Waals surface area (Å²) in [5, 5.41) is 17.8. The minimum absolute atomic E-state index is 0.151. The summed E-state index contributed by atoms with van der Waals surface area (Å²) in [6.45, 7) is 1.86. The van der Waals surface area contributed by atoms with Crippen molar-refractivity contribution in [2.24, 2.45) is 5.41 Å². The number of aliphatic hydroxyl groups is 2. The summed E-state index contributed by atoms with van der Waals surface area (Å²) in [4.78, 5) is 10.7. The summed E-state index contributed by atoms with van der Waals surface area (Å²) in [7, 11) is 1.31. The van der Waals surface area contributed by atoms with E-state index in [1.807, 2.05) is 0 Å². The second kappa shape index (κ2) is 6.75.